The Labute approximate surface area is 158 Å². The number of carbonyl (C=O) groups is 1. The van der Waals surface area contributed by atoms with Gasteiger partial charge < -0.3 is 15.4 Å². The molecule has 0 spiro atoms. The fraction of sp³-hybridized carbons (Fsp3) is 0.263. The maximum absolute atomic E-state index is 11.6. The summed E-state index contributed by atoms with van der Waals surface area (Å²) in [6, 6.07) is 13.3. The molecule has 2 aromatic carbocycles. The highest BCUT2D eigenvalue weighted by molar-refractivity contribution is 7.80. The minimum Gasteiger partial charge on any atom is -0.465 e. The van der Waals surface area contributed by atoms with Crippen molar-refractivity contribution in [1.82, 2.24) is 5.32 Å². The van der Waals surface area contributed by atoms with E-state index in [4.69, 9.17) is 28.6 Å². The molecule has 2 rings (SSSR count). The number of carbonyl (C=O) groups excluding carboxylic acids is 1. The van der Waals surface area contributed by atoms with Gasteiger partial charge in [0.15, 0.2) is 5.11 Å². The molecule has 0 atom stereocenters. The van der Waals surface area contributed by atoms with Crippen LogP contribution in [-0.2, 0) is 11.2 Å². The molecule has 2 N–H and O–H groups in total. The summed E-state index contributed by atoms with van der Waals surface area (Å²) < 4.78 is 4.71. The summed E-state index contributed by atoms with van der Waals surface area (Å²) in [7, 11) is 1.34. The molecule has 0 unspecified atom stereocenters. The molecule has 0 aliphatic heterocycles. The Morgan fingerprint density at radius 3 is 2.76 bits per heavy atom. The van der Waals surface area contributed by atoms with Crippen LogP contribution >= 0.6 is 23.8 Å². The normalized spacial score (nSPS) is 10.2. The second-order valence-corrected chi connectivity index (χ2v) is 6.48. The molecule has 0 saturated heterocycles. The maximum atomic E-state index is 11.6. The Morgan fingerprint density at radius 1 is 1.24 bits per heavy atom. The van der Waals surface area contributed by atoms with Crippen LogP contribution in [0.3, 0.4) is 0 Å². The number of benzene rings is 2. The van der Waals surface area contributed by atoms with E-state index < -0.39 is 5.97 Å². The predicted octanol–water partition coefficient (Wildman–Crippen LogP) is 4.35. The minimum atomic E-state index is -0.420. The largest absolute Gasteiger partial charge is 0.465 e. The monoisotopic (exact) mass is 376 g/mol. The van der Waals surface area contributed by atoms with Gasteiger partial charge in [-0.25, -0.2) is 4.79 Å². The molecule has 132 valence electrons. The van der Waals surface area contributed by atoms with Crippen LogP contribution in [0.1, 0.15) is 27.9 Å². The molecule has 0 amide bonds. The number of nitrogens with one attached hydrogen (secondary N) is 2. The summed E-state index contributed by atoms with van der Waals surface area (Å²) in [5, 5.41) is 7.12. The van der Waals surface area contributed by atoms with Crippen LogP contribution in [0.4, 0.5) is 5.69 Å². The van der Waals surface area contributed by atoms with Gasteiger partial charge in [0.1, 0.15) is 0 Å². The number of hydrogen-bond acceptors (Lipinski definition) is 3. The van der Waals surface area contributed by atoms with Gasteiger partial charge in [-0.2, -0.15) is 0 Å². The van der Waals surface area contributed by atoms with Crippen molar-refractivity contribution in [2.45, 2.75) is 19.8 Å². The van der Waals surface area contributed by atoms with E-state index in [-0.39, 0.29) is 0 Å². The standard InChI is InChI=1S/C19H21ClN2O2S/c1-13-5-3-6-14(11-13)7-4-10-21-19(25)22-17-12-15(18(23)24-2)8-9-16(17)20/h3,5-6,8-9,11-12H,4,7,10H2,1-2H3,(H2,21,22,25). The summed E-state index contributed by atoms with van der Waals surface area (Å²) in [5.74, 6) is -0.420. The number of esters is 1. The van der Waals surface area contributed by atoms with Crippen molar-refractivity contribution < 1.29 is 9.53 Å². The number of thiocarbonyl (C=S) groups is 1. The van der Waals surface area contributed by atoms with Crippen molar-refractivity contribution in [2.75, 3.05) is 19.0 Å². The van der Waals surface area contributed by atoms with E-state index in [2.05, 4.69) is 41.8 Å². The molecule has 4 nitrogen and oxygen atoms in total. The SMILES string of the molecule is COC(=O)c1ccc(Cl)c(NC(=S)NCCCc2cccc(C)c2)c1. The Morgan fingerprint density at radius 2 is 2.04 bits per heavy atom. The van der Waals surface area contributed by atoms with Crippen molar-refractivity contribution in [2.24, 2.45) is 0 Å². The molecule has 0 fully saturated rings. The van der Waals surface area contributed by atoms with Crippen molar-refractivity contribution in [3.05, 3.63) is 64.2 Å². The zero-order valence-corrected chi connectivity index (χ0v) is 15.8. The van der Waals surface area contributed by atoms with E-state index in [1.165, 1.54) is 18.2 Å². The van der Waals surface area contributed by atoms with E-state index >= 15 is 0 Å². The molecular formula is C19H21ClN2O2S. The highest BCUT2D eigenvalue weighted by Gasteiger charge is 2.09. The number of methoxy groups -OCH3 is 1. The third-order valence-corrected chi connectivity index (χ3v) is 4.22. The predicted molar refractivity (Wildman–Crippen MR) is 107 cm³/mol. The molecule has 0 bridgehead atoms. The first-order valence-corrected chi connectivity index (χ1v) is 8.76. The number of anilines is 1. The first kappa shape index (κ1) is 19.2. The molecule has 0 aliphatic carbocycles. The lowest BCUT2D eigenvalue weighted by Crippen LogP contribution is -2.29. The maximum Gasteiger partial charge on any atom is 0.337 e. The van der Waals surface area contributed by atoms with E-state index in [9.17, 15) is 4.79 Å². The Kier molecular flexibility index (Phi) is 7.22. The third kappa shape index (κ3) is 6.03. The van der Waals surface area contributed by atoms with E-state index in [1.807, 2.05) is 0 Å². The first-order chi connectivity index (χ1) is 12.0. The number of aryl methyl sites for hydroxylation is 2. The van der Waals surface area contributed by atoms with Gasteiger partial charge in [-0.1, -0.05) is 41.4 Å². The second kappa shape index (κ2) is 9.39. The van der Waals surface area contributed by atoms with Crippen LogP contribution in [-0.4, -0.2) is 24.7 Å². The Balaban J connectivity index is 1.83. The highest BCUT2D eigenvalue weighted by atomic mass is 35.5. The van der Waals surface area contributed by atoms with Crippen molar-refractivity contribution in [1.29, 1.82) is 0 Å². The molecule has 25 heavy (non-hydrogen) atoms. The lowest BCUT2D eigenvalue weighted by Gasteiger charge is -2.12. The summed E-state index contributed by atoms with van der Waals surface area (Å²) in [4.78, 5) is 11.6. The van der Waals surface area contributed by atoms with E-state index in [0.717, 1.165) is 19.4 Å². The van der Waals surface area contributed by atoms with Gasteiger partial charge in [-0.15, -0.1) is 0 Å². The third-order valence-electron chi connectivity index (χ3n) is 3.65. The molecule has 0 radical (unpaired) electrons. The molecule has 0 saturated carbocycles. The zero-order valence-electron chi connectivity index (χ0n) is 14.3. The average Bonchev–Trinajstić information content (AvgIpc) is 2.60. The van der Waals surface area contributed by atoms with Gasteiger partial charge in [0.05, 0.1) is 23.4 Å². The molecule has 0 aliphatic rings. The molecule has 6 heteroatoms. The molecule has 0 aromatic heterocycles. The van der Waals surface area contributed by atoms with Gasteiger partial charge in [-0.05, 0) is 55.7 Å². The average molecular weight is 377 g/mol. The van der Waals surface area contributed by atoms with Crippen molar-refractivity contribution in [3.63, 3.8) is 0 Å². The zero-order chi connectivity index (χ0) is 18.2. The topological polar surface area (TPSA) is 50.4 Å². The van der Waals surface area contributed by atoms with Gasteiger partial charge in [0.2, 0.25) is 0 Å². The first-order valence-electron chi connectivity index (χ1n) is 7.98. The van der Waals surface area contributed by atoms with Gasteiger partial charge >= 0.3 is 5.97 Å². The molecule has 2 aromatic rings. The summed E-state index contributed by atoms with van der Waals surface area (Å²) in [6.07, 6.45) is 1.94. The molecule has 0 heterocycles. The minimum absolute atomic E-state index is 0.414. The fourth-order valence-electron chi connectivity index (χ4n) is 2.39. The number of hydrogen-bond donors (Lipinski definition) is 2. The van der Waals surface area contributed by atoms with Crippen LogP contribution in [0.5, 0.6) is 0 Å². The summed E-state index contributed by atoms with van der Waals surface area (Å²) >= 11 is 11.4. The second-order valence-electron chi connectivity index (χ2n) is 5.66. The van der Waals surface area contributed by atoms with E-state index in [0.29, 0.717) is 21.4 Å². The van der Waals surface area contributed by atoms with Crippen LogP contribution in [0.25, 0.3) is 0 Å². The van der Waals surface area contributed by atoms with Crippen LogP contribution < -0.4 is 10.6 Å². The smallest absolute Gasteiger partial charge is 0.337 e. The fourth-order valence-corrected chi connectivity index (χ4v) is 2.77. The molecular weight excluding hydrogens is 356 g/mol. The lowest BCUT2D eigenvalue weighted by molar-refractivity contribution is 0.0601. The van der Waals surface area contributed by atoms with Crippen molar-refractivity contribution in [3.8, 4) is 0 Å². The quantitative estimate of drug-likeness (QED) is 0.446. The van der Waals surface area contributed by atoms with Gasteiger partial charge in [-0.3, -0.25) is 0 Å². The van der Waals surface area contributed by atoms with E-state index in [1.54, 1.807) is 18.2 Å². The van der Waals surface area contributed by atoms with Crippen LogP contribution in [0.2, 0.25) is 5.02 Å². The van der Waals surface area contributed by atoms with Crippen LogP contribution in [0.15, 0.2) is 42.5 Å². The van der Waals surface area contributed by atoms with Crippen LogP contribution in [0, 0.1) is 6.92 Å². The Bertz CT molecular complexity index is 765. The number of rotatable bonds is 6. The Hall–Kier alpha value is -2.11. The van der Waals surface area contributed by atoms with Gasteiger partial charge in [0, 0.05) is 6.54 Å². The summed E-state index contributed by atoms with van der Waals surface area (Å²) in [5.41, 5.74) is 3.56. The highest BCUT2D eigenvalue weighted by Crippen LogP contribution is 2.23. The van der Waals surface area contributed by atoms with Gasteiger partial charge in [0.25, 0.3) is 0 Å². The van der Waals surface area contributed by atoms with Crippen molar-refractivity contribution >= 4 is 40.6 Å². The lowest BCUT2D eigenvalue weighted by atomic mass is 10.1. The summed E-state index contributed by atoms with van der Waals surface area (Å²) in [6.45, 7) is 2.83. The number of ether oxygens (including phenoxy) is 1. The number of halogens is 1.